The molecule has 0 spiro atoms. The van der Waals surface area contributed by atoms with Gasteiger partial charge in [0.25, 0.3) is 0 Å². The van der Waals surface area contributed by atoms with Crippen LogP contribution in [0.5, 0.6) is 0 Å². The number of aliphatic hydroxyl groups excluding tert-OH is 5. The van der Waals surface area contributed by atoms with Crippen molar-refractivity contribution in [2.75, 3.05) is 13.2 Å². The molecule has 1 aliphatic carbocycles. The third kappa shape index (κ3) is 4.22. The van der Waals surface area contributed by atoms with E-state index in [9.17, 15) is 25.5 Å². The number of rotatable bonds is 6. The van der Waals surface area contributed by atoms with Crippen molar-refractivity contribution in [2.45, 2.75) is 92.1 Å². The van der Waals surface area contributed by atoms with Gasteiger partial charge in [0.15, 0.2) is 24.8 Å². The van der Waals surface area contributed by atoms with E-state index in [1.54, 1.807) is 0 Å². The molecule has 3 saturated heterocycles. The third-order valence-corrected chi connectivity index (χ3v) is 6.30. The zero-order valence-electron chi connectivity index (χ0n) is 16.6. The standard InChI is InChI=1S/C17H31N3O11/c18-4-1-5(19)12(28-16-8(20)11(25)10(24)6(2-21)26-16)14(9(4)23)29-17-15-13(30-31-15)7(3-22)27-17/h4-17,21-25H,1-3,18-20H2/t4-,5+,6-,7-,8-,9+,10-,11-,12-,13-,14-,15-,16-,17+/m1/s1. The second-order valence-corrected chi connectivity index (χ2v) is 8.39. The summed E-state index contributed by atoms with van der Waals surface area (Å²) in [6.07, 6.45) is -11.1. The van der Waals surface area contributed by atoms with Gasteiger partial charge >= 0.3 is 0 Å². The quantitative estimate of drug-likeness (QED) is 0.175. The summed E-state index contributed by atoms with van der Waals surface area (Å²) in [6.45, 7) is -0.891. The second kappa shape index (κ2) is 9.36. The highest BCUT2D eigenvalue weighted by atomic mass is 17.3. The molecule has 0 aromatic rings. The van der Waals surface area contributed by atoms with Crippen LogP contribution in [0.1, 0.15) is 6.42 Å². The first kappa shape index (κ1) is 23.6. The van der Waals surface area contributed by atoms with Crippen molar-refractivity contribution in [3.63, 3.8) is 0 Å². The third-order valence-electron chi connectivity index (χ3n) is 6.30. The van der Waals surface area contributed by atoms with Crippen LogP contribution in [0.3, 0.4) is 0 Å². The van der Waals surface area contributed by atoms with E-state index >= 15 is 0 Å². The highest BCUT2D eigenvalue weighted by Gasteiger charge is 2.57. The Hall–Kier alpha value is -0.560. The summed E-state index contributed by atoms with van der Waals surface area (Å²) in [5, 5.41) is 49.7. The van der Waals surface area contributed by atoms with Crippen LogP contribution in [-0.2, 0) is 28.7 Å². The predicted molar refractivity (Wildman–Crippen MR) is 97.5 cm³/mol. The molecular formula is C17H31N3O11. The highest BCUT2D eigenvalue weighted by Crippen LogP contribution is 2.37. The van der Waals surface area contributed by atoms with E-state index in [1.165, 1.54) is 0 Å². The van der Waals surface area contributed by atoms with Crippen LogP contribution in [0.4, 0.5) is 0 Å². The van der Waals surface area contributed by atoms with Gasteiger partial charge in [0.05, 0.1) is 25.4 Å². The normalized spacial score (nSPS) is 55.0. The summed E-state index contributed by atoms with van der Waals surface area (Å²) in [7, 11) is 0. The molecule has 0 amide bonds. The van der Waals surface area contributed by atoms with Gasteiger partial charge in [0.2, 0.25) is 0 Å². The zero-order chi connectivity index (χ0) is 22.4. The molecule has 3 aliphatic heterocycles. The molecule has 0 unspecified atom stereocenters. The number of ether oxygens (including phenoxy) is 4. The summed E-state index contributed by atoms with van der Waals surface area (Å²) < 4.78 is 23.0. The number of hydrogen-bond acceptors (Lipinski definition) is 14. The maximum absolute atomic E-state index is 10.7. The molecule has 4 aliphatic rings. The van der Waals surface area contributed by atoms with Gasteiger partial charge in [-0.3, -0.25) is 0 Å². The Kier molecular flexibility index (Phi) is 7.12. The van der Waals surface area contributed by atoms with Gasteiger partial charge in [-0.2, -0.15) is 0 Å². The molecule has 0 aromatic heterocycles. The summed E-state index contributed by atoms with van der Waals surface area (Å²) in [5.74, 6) is 0. The Morgan fingerprint density at radius 3 is 1.90 bits per heavy atom. The molecule has 31 heavy (non-hydrogen) atoms. The summed E-state index contributed by atoms with van der Waals surface area (Å²) in [5.41, 5.74) is 18.2. The van der Waals surface area contributed by atoms with Crippen molar-refractivity contribution >= 4 is 0 Å². The van der Waals surface area contributed by atoms with Gasteiger partial charge in [-0.05, 0) is 6.42 Å². The van der Waals surface area contributed by atoms with Gasteiger partial charge < -0.3 is 61.7 Å². The average molecular weight is 453 g/mol. The fraction of sp³-hybridized carbons (Fsp3) is 1.00. The smallest absolute Gasteiger partial charge is 0.190 e. The molecule has 14 nitrogen and oxygen atoms in total. The van der Waals surface area contributed by atoms with Crippen LogP contribution >= 0.6 is 0 Å². The number of nitrogens with two attached hydrogens (primary N) is 3. The fourth-order valence-electron chi connectivity index (χ4n) is 4.38. The first-order chi connectivity index (χ1) is 14.8. The predicted octanol–water partition coefficient (Wildman–Crippen LogP) is -5.64. The zero-order valence-corrected chi connectivity index (χ0v) is 16.6. The van der Waals surface area contributed by atoms with Gasteiger partial charge in [-0.25, -0.2) is 9.78 Å². The van der Waals surface area contributed by atoms with E-state index in [0.717, 1.165) is 0 Å². The van der Waals surface area contributed by atoms with E-state index < -0.39 is 92.2 Å². The lowest BCUT2D eigenvalue weighted by molar-refractivity contribution is -0.470. The maximum Gasteiger partial charge on any atom is 0.190 e. The van der Waals surface area contributed by atoms with Crippen molar-refractivity contribution in [2.24, 2.45) is 17.2 Å². The first-order valence-corrected chi connectivity index (χ1v) is 10.2. The molecule has 11 N–H and O–H groups in total. The Labute approximate surface area is 177 Å². The van der Waals surface area contributed by atoms with Crippen molar-refractivity contribution in [1.82, 2.24) is 0 Å². The van der Waals surface area contributed by atoms with E-state index in [2.05, 4.69) is 0 Å². The monoisotopic (exact) mass is 453 g/mol. The van der Waals surface area contributed by atoms with Crippen molar-refractivity contribution in [3.05, 3.63) is 0 Å². The Morgan fingerprint density at radius 1 is 0.710 bits per heavy atom. The Balaban J connectivity index is 1.50. The summed E-state index contributed by atoms with van der Waals surface area (Å²) in [4.78, 5) is 9.94. The average Bonchev–Trinajstić information content (AvgIpc) is 2.96. The second-order valence-electron chi connectivity index (χ2n) is 8.39. The minimum atomic E-state index is -1.42. The largest absolute Gasteiger partial charge is 0.394 e. The van der Waals surface area contributed by atoms with E-state index in [4.69, 9.17) is 45.9 Å². The van der Waals surface area contributed by atoms with Gasteiger partial charge in [0.1, 0.15) is 36.6 Å². The Bertz CT molecular complexity index is 616. The molecule has 0 radical (unpaired) electrons. The van der Waals surface area contributed by atoms with Gasteiger partial charge in [-0.1, -0.05) is 0 Å². The molecule has 4 fully saturated rings. The molecule has 0 aromatic carbocycles. The maximum atomic E-state index is 10.7. The minimum Gasteiger partial charge on any atom is -0.394 e. The van der Waals surface area contributed by atoms with E-state index in [1.807, 2.05) is 0 Å². The lowest BCUT2D eigenvalue weighted by Crippen LogP contribution is -2.68. The fourth-order valence-corrected chi connectivity index (χ4v) is 4.38. The number of aliphatic hydroxyl groups is 5. The Morgan fingerprint density at radius 2 is 1.32 bits per heavy atom. The molecule has 3 heterocycles. The van der Waals surface area contributed by atoms with Crippen LogP contribution in [0.15, 0.2) is 0 Å². The van der Waals surface area contributed by atoms with Crippen LogP contribution in [-0.4, -0.2) is 124 Å². The molecule has 14 atom stereocenters. The van der Waals surface area contributed by atoms with E-state index in [-0.39, 0.29) is 13.0 Å². The van der Waals surface area contributed by atoms with Crippen LogP contribution < -0.4 is 17.2 Å². The topological polar surface area (TPSA) is 235 Å². The summed E-state index contributed by atoms with van der Waals surface area (Å²) >= 11 is 0. The molecule has 180 valence electrons. The van der Waals surface area contributed by atoms with Gasteiger partial charge in [0, 0.05) is 12.1 Å². The van der Waals surface area contributed by atoms with Crippen molar-refractivity contribution in [1.29, 1.82) is 0 Å². The number of fused-ring (bicyclic) bond motifs is 1. The molecule has 0 bridgehead atoms. The van der Waals surface area contributed by atoms with E-state index in [0.29, 0.717) is 0 Å². The lowest BCUT2D eigenvalue weighted by atomic mass is 9.84. The van der Waals surface area contributed by atoms with Crippen molar-refractivity contribution < 1.29 is 54.3 Å². The van der Waals surface area contributed by atoms with Crippen LogP contribution in [0, 0.1) is 0 Å². The highest BCUT2D eigenvalue weighted by molar-refractivity contribution is 5.02. The molecular weight excluding hydrogens is 422 g/mol. The minimum absolute atomic E-state index is 0.193. The number of hydrogen-bond donors (Lipinski definition) is 8. The molecule has 1 saturated carbocycles. The van der Waals surface area contributed by atoms with Crippen LogP contribution in [0.25, 0.3) is 0 Å². The first-order valence-electron chi connectivity index (χ1n) is 10.2. The molecule has 14 heteroatoms. The van der Waals surface area contributed by atoms with Crippen molar-refractivity contribution in [3.8, 4) is 0 Å². The van der Waals surface area contributed by atoms with Gasteiger partial charge in [-0.15, -0.1) is 0 Å². The molecule has 4 rings (SSSR count). The SMILES string of the molecule is N[C@H]1[C@@H](O[C@H]2[C@H](O[C@@H]3O[C@H](CO)[C@H]4OO[C@@H]34)[C@@H](O)[C@H](N)C[C@@H]2N)O[C@H](CO)[C@@H](O)[C@@H]1O. The lowest BCUT2D eigenvalue weighted by Gasteiger charge is -2.47. The van der Waals surface area contributed by atoms with Crippen LogP contribution in [0.2, 0.25) is 0 Å². The summed E-state index contributed by atoms with van der Waals surface area (Å²) in [6, 6.07) is -2.59.